The van der Waals surface area contributed by atoms with E-state index in [9.17, 15) is 8.42 Å². The Bertz CT molecular complexity index is 651. The summed E-state index contributed by atoms with van der Waals surface area (Å²) in [6.07, 6.45) is 4.88. The summed E-state index contributed by atoms with van der Waals surface area (Å²) in [5.41, 5.74) is 1.06. The van der Waals surface area contributed by atoms with Crippen molar-refractivity contribution >= 4 is 21.6 Å². The second kappa shape index (κ2) is 7.68. The predicted molar refractivity (Wildman–Crippen MR) is 96.9 cm³/mol. The largest absolute Gasteiger partial charge is 0.297 e. The van der Waals surface area contributed by atoms with Gasteiger partial charge in [-0.05, 0) is 13.0 Å². The van der Waals surface area contributed by atoms with Crippen molar-refractivity contribution in [2.24, 2.45) is 0 Å². The fourth-order valence-corrected chi connectivity index (χ4v) is 6.30. The van der Waals surface area contributed by atoms with E-state index in [0.717, 1.165) is 49.1 Å². The summed E-state index contributed by atoms with van der Waals surface area (Å²) in [5, 5.41) is 0.817. The molecule has 0 bridgehead atoms. The molecule has 2 atom stereocenters. The molecule has 0 aromatic carbocycles. The lowest BCUT2D eigenvalue weighted by molar-refractivity contribution is 0.0437. The number of hydrogen-bond acceptors (Lipinski definition) is 7. The number of piperazine rings is 1. The number of thioether (sulfide) groups is 1. The quantitative estimate of drug-likeness (QED) is 0.552. The summed E-state index contributed by atoms with van der Waals surface area (Å²) >= 11 is 1.67. The van der Waals surface area contributed by atoms with Crippen molar-refractivity contribution in [1.82, 2.24) is 19.8 Å². The lowest BCUT2D eigenvalue weighted by atomic mass is 10.0. The van der Waals surface area contributed by atoms with Crippen LogP contribution in [0.5, 0.6) is 0 Å². The monoisotopic (exact) mass is 370 g/mol. The van der Waals surface area contributed by atoms with E-state index in [-0.39, 0.29) is 17.8 Å². The van der Waals surface area contributed by atoms with Gasteiger partial charge in [-0.2, -0.15) is 0 Å². The summed E-state index contributed by atoms with van der Waals surface area (Å²) in [4.78, 5) is 13.5. The van der Waals surface area contributed by atoms with Crippen LogP contribution >= 0.6 is 11.8 Å². The lowest BCUT2D eigenvalue weighted by Crippen LogP contribution is -2.58. The molecule has 1 aromatic heterocycles. The molecule has 134 valence electrons. The van der Waals surface area contributed by atoms with E-state index in [4.69, 9.17) is 0 Å². The molecule has 3 heterocycles. The number of hydrogen-bond donors (Lipinski definition) is 0. The fourth-order valence-electron chi connectivity index (χ4n) is 3.61. The Morgan fingerprint density at radius 1 is 1.12 bits per heavy atom. The molecule has 8 heteroatoms. The smallest absolute Gasteiger partial charge is 0.187 e. The summed E-state index contributed by atoms with van der Waals surface area (Å²) in [6, 6.07) is 0.229. The standard InChI is InChI=1S/C16H26N4O2S2/c1-3-7-23-16-17-8-13(9-18-16)10-20-6-5-19(4-2)14-11-24(21,22)12-15(14)20/h8-9,14-15H,3-7,10-12H2,1-2H3/t14-,15+/m0/s1. The van der Waals surface area contributed by atoms with Gasteiger partial charge in [-0.1, -0.05) is 25.6 Å². The van der Waals surface area contributed by atoms with Gasteiger partial charge in [0.05, 0.1) is 11.5 Å². The lowest BCUT2D eigenvalue weighted by Gasteiger charge is -2.43. The van der Waals surface area contributed by atoms with Crippen molar-refractivity contribution < 1.29 is 8.42 Å². The molecule has 0 saturated carbocycles. The Morgan fingerprint density at radius 2 is 1.75 bits per heavy atom. The average Bonchev–Trinajstić information content (AvgIpc) is 2.90. The van der Waals surface area contributed by atoms with Crippen LogP contribution in [0.2, 0.25) is 0 Å². The molecular weight excluding hydrogens is 344 g/mol. The molecule has 0 radical (unpaired) electrons. The van der Waals surface area contributed by atoms with E-state index in [2.05, 4.69) is 33.6 Å². The summed E-state index contributed by atoms with van der Waals surface area (Å²) in [7, 11) is -2.93. The Kier molecular flexibility index (Phi) is 5.79. The molecule has 0 spiro atoms. The van der Waals surface area contributed by atoms with Gasteiger partial charge in [0.1, 0.15) is 0 Å². The Balaban J connectivity index is 1.68. The van der Waals surface area contributed by atoms with Crippen LogP contribution in [0, 0.1) is 0 Å². The van der Waals surface area contributed by atoms with E-state index in [1.807, 2.05) is 12.4 Å². The molecule has 2 aliphatic heterocycles. The molecular formula is C16H26N4O2S2. The van der Waals surface area contributed by atoms with Gasteiger partial charge >= 0.3 is 0 Å². The van der Waals surface area contributed by atoms with Crippen LogP contribution in [-0.4, -0.2) is 77.2 Å². The molecule has 1 aromatic rings. The van der Waals surface area contributed by atoms with Gasteiger partial charge in [-0.3, -0.25) is 9.80 Å². The summed E-state index contributed by atoms with van der Waals surface area (Å²) in [6.45, 7) is 7.72. The molecule has 24 heavy (non-hydrogen) atoms. The third kappa shape index (κ3) is 4.09. The first-order chi connectivity index (χ1) is 11.5. The van der Waals surface area contributed by atoms with Crippen molar-refractivity contribution in [3.05, 3.63) is 18.0 Å². The molecule has 2 aliphatic rings. The Hall–Kier alpha value is -0.700. The van der Waals surface area contributed by atoms with Crippen molar-refractivity contribution in [2.45, 2.75) is 44.1 Å². The van der Waals surface area contributed by atoms with Crippen LogP contribution in [0.3, 0.4) is 0 Å². The minimum atomic E-state index is -2.93. The first-order valence-electron chi connectivity index (χ1n) is 8.64. The van der Waals surface area contributed by atoms with Crippen molar-refractivity contribution in [3.8, 4) is 0 Å². The highest BCUT2D eigenvalue weighted by Crippen LogP contribution is 2.28. The topological polar surface area (TPSA) is 66.4 Å². The van der Waals surface area contributed by atoms with Gasteiger partial charge in [-0.25, -0.2) is 18.4 Å². The van der Waals surface area contributed by atoms with E-state index < -0.39 is 9.84 Å². The minimum Gasteiger partial charge on any atom is -0.297 e. The highest BCUT2D eigenvalue weighted by atomic mass is 32.2. The van der Waals surface area contributed by atoms with Crippen LogP contribution in [0.1, 0.15) is 25.8 Å². The number of fused-ring (bicyclic) bond motifs is 1. The zero-order valence-electron chi connectivity index (χ0n) is 14.4. The Morgan fingerprint density at radius 3 is 2.38 bits per heavy atom. The maximum absolute atomic E-state index is 12.1. The highest BCUT2D eigenvalue weighted by molar-refractivity contribution is 7.99. The van der Waals surface area contributed by atoms with Gasteiger partial charge < -0.3 is 0 Å². The van der Waals surface area contributed by atoms with E-state index >= 15 is 0 Å². The Labute approximate surface area is 149 Å². The van der Waals surface area contributed by atoms with Crippen molar-refractivity contribution in [3.63, 3.8) is 0 Å². The molecule has 2 fully saturated rings. The normalized spacial score (nSPS) is 27.2. The second-order valence-electron chi connectivity index (χ2n) is 6.53. The highest BCUT2D eigenvalue weighted by Gasteiger charge is 2.45. The molecule has 0 amide bonds. The number of likely N-dealkylation sites (N-methyl/N-ethyl adjacent to an activating group) is 1. The van der Waals surface area contributed by atoms with E-state index in [1.54, 1.807) is 11.8 Å². The van der Waals surface area contributed by atoms with E-state index in [0.29, 0.717) is 5.75 Å². The maximum Gasteiger partial charge on any atom is 0.187 e. The van der Waals surface area contributed by atoms with Crippen LogP contribution in [0.15, 0.2) is 17.6 Å². The van der Waals surface area contributed by atoms with Crippen LogP contribution in [0.4, 0.5) is 0 Å². The van der Waals surface area contributed by atoms with Crippen LogP contribution in [0.25, 0.3) is 0 Å². The third-order valence-electron chi connectivity index (χ3n) is 4.81. The number of sulfone groups is 1. The molecule has 0 aliphatic carbocycles. The van der Waals surface area contributed by atoms with Gasteiger partial charge in [0.2, 0.25) is 0 Å². The zero-order chi connectivity index (χ0) is 17.2. The molecule has 2 saturated heterocycles. The first-order valence-corrected chi connectivity index (χ1v) is 11.5. The number of aromatic nitrogens is 2. The second-order valence-corrected chi connectivity index (χ2v) is 9.75. The molecule has 6 nitrogen and oxygen atoms in total. The predicted octanol–water partition coefficient (Wildman–Crippen LogP) is 1.28. The van der Waals surface area contributed by atoms with Gasteiger partial charge in [0, 0.05) is 55.4 Å². The summed E-state index contributed by atoms with van der Waals surface area (Å²) in [5.74, 6) is 1.60. The fraction of sp³-hybridized carbons (Fsp3) is 0.750. The minimum absolute atomic E-state index is 0.0952. The number of rotatable bonds is 6. The molecule has 0 unspecified atom stereocenters. The zero-order valence-corrected chi connectivity index (χ0v) is 16.0. The van der Waals surface area contributed by atoms with Gasteiger partial charge in [0.25, 0.3) is 0 Å². The third-order valence-corrected chi connectivity index (χ3v) is 7.59. The first kappa shape index (κ1) is 18.1. The van der Waals surface area contributed by atoms with Crippen molar-refractivity contribution in [1.29, 1.82) is 0 Å². The molecule has 0 N–H and O–H groups in total. The van der Waals surface area contributed by atoms with Crippen LogP contribution in [-0.2, 0) is 16.4 Å². The van der Waals surface area contributed by atoms with Crippen LogP contribution < -0.4 is 0 Å². The van der Waals surface area contributed by atoms with E-state index in [1.165, 1.54) is 0 Å². The van der Waals surface area contributed by atoms with Gasteiger partial charge in [-0.15, -0.1) is 0 Å². The maximum atomic E-state index is 12.1. The average molecular weight is 371 g/mol. The SMILES string of the molecule is CCCSc1ncc(CN2CCN(CC)[C@H]3CS(=O)(=O)C[C@H]32)cn1. The summed E-state index contributed by atoms with van der Waals surface area (Å²) < 4.78 is 24.2. The van der Waals surface area contributed by atoms with Gasteiger partial charge in [0.15, 0.2) is 15.0 Å². The van der Waals surface area contributed by atoms with Crippen molar-refractivity contribution in [2.75, 3.05) is 36.9 Å². The number of nitrogens with zero attached hydrogens (tertiary/aromatic N) is 4. The molecule has 3 rings (SSSR count).